The summed E-state index contributed by atoms with van der Waals surface area (Å²) in [4.78, 5) is 32.0. The van der Waals surface area contributed by atoms with Crippen LogP contribution >= 0.6 is 0 Å². The van der Waals surface area contributed by atoms with Crippen molar-refractivity contribution in [3.8, 4) is 5.75 Å². The van der Waals surface area contributed by atoms with Crippen LogP contribution in [0.3, 0.4) is 0 Å². The van der Waals surface area contributed by atoms with Gasteiger partial charge in [0.1, 0.15) is 12.4 Å². The highest BCUT2D eigenvalue weighted by molar-refractivity contribution is 5.95. The Labute approximate surface area is 209 Å². The maximum atomic E-state index is 13.0. The van der Waals surface area contributed by atoms with Crippen molar-refractivity contribution in [1.29, 1.82) is 0 Å². The zero-order chi connectivity index (χ0) is 25.1. The third-order valence-corrected chi connectivity index (χ3v) is 7.10. The van der Waals surface area contributed by atoms with Crippen molar-refractivity contribution in [2.24, 2.45) is 5.92 Å². The monoisotopic (exact) mass is 489 g/mol. The Morgan fingerprint density at radius 1 is 1.17 bits per heavy atom. The van der Waals surface area contributed by atoms with Crippen LogP contribution in [0.15, 0.2) is 54.6 Å². The number of carbonyl (C=O) groups is 2. The Morgan fingerprint density at radius 3 is 2.72 bits per heavy atom. The second-order valence-electron chi connectivity index (χ2n) is 9.52. The summed E-state index contributed by atoms with van der Waals surface area (Å²) >= 11 is 0. The number of nitrogens with zero attached hydrogens (tertiary/aromatic N) is 2. The van der Waals surface area contributed by atoms with E-state index in [1.807, 2.05) is 37.3 Å². The molecule has 0 saturated carbocycles. The van der Waals surface area contributed by atoms with E-state index in [1.165, 1.54) is 0 Å². The van der Waals surface area contributed by atoms with Crippen LogP contribution in [0.4, 0.5) is 0 Å². The smallest absolute Gasteiger partial charge is 0.251 e. The van der Waals surface area contributed by atoms with Crippen molar-refractivity contribution in [2.75, 3.05) is 26.2 Å². The van der Waals surface area contributed by atoms with E-state index in [9.17, 15) is 14.8 Å². The standard InChI is InChI=1S/C27H31N5O4/c1-17-12-19(22-4-2-3-5-24(22)29-17)16-36-21-8-6-18(7-9-21)26(33)30-25-15-32(20-10-11-28-13-20)14-23(25)27(34)31-35/h2-9,12,20,23,25,28,35H,10-11,13-16H2,1H3,(H,30,33)(H,31,34)/t20?,23-,25+/m0/s1. The third-order valence-electron chi connectivity index (χ3n) is 7.10. The van der Waals surface area contributed by atoms with Crippen LogP contribution in [0.25, 0.3) is 10.9 Å². The summed E-state index contributed by atoms with van der Waals surface area (Å²) in [5.74, 6) is -0.593. The van der Waals surface area contributed by atoms with Crippen LogP contribution in [-0.4, -0.2) is 65.2 Å². The minimum absolute atomic E-state index is 0.260. The maximum Gasteiger partial charge on any atom is 0.251 e. The molecule has 0 radical (unpaired) electrons. The van der Waals surface area contributed by atoms with Gasteiger partial charge in [0.25, 0.3) is 5.91 Å². The van der Waals surface area contributed by atoms with Gasteiger partial charge in [-0.1, -0.05) is 18.2 Å². The second kappa shape index (κ2) is 10.6. The van der Waals surface area contributed by atoms with Crippen LogP contribution in [0.5, 0.6) is 5.75 Å². The van der Waals surface area contributed by atoms with Gasteiger partial charge in [0, 0.05) is 47.9 Å². The van der Waals surface area contributed by atoms with Crippen LogP contribution in [0, 0.1) is 12.8 Å². The van der Waals surface area contributed by atoms with Gasteiger partial charge in [-0.3, -0.25) is 24.7 Å². The molecule has 2 aliphatic heterocycles. The lowest BCUT2D eigenvalue weighted by atomic mass is 10.0. The molecule has 0 spiro atoms. The van der Waals surface area contributed by atoms with Gasteiger partial charge in [-0.05, 0) is 56.3 Å². The predicted octanol–water partition coefficient (Wildman–Crippen LogP) is 2.02. The average molecular weight is 490 g/mol. The number of rotatable bonds is 7. The highest BCUT2D eigenvalue weighted by atomic mass is 16.5. The van der Waals surface area contributed by atoms with Gasteiger partial charge in [-0.15, -0.1) is 0 Å². The van der Waals surface area contributed by atoms with E-state index in [-0.39, 0.29) is 11.9 Å². The molecule has 3 heterocycles. The summed E-state index contributed by atoms with van der Waals surface area (Å²) in [6.07, 6.45) is 1.00. The first-order chi connectivity index (χ1) is 17.5. The second-order valence-corrected chi connectivity index (χ2v) is 9.52. The Kier molecular flexibility index (Phi) is 7.13. The van der Waals surface area contributed by atoms with Crippen LogP contribution < -0.4 is 20.9 Å². The van der Waals surface area contributed by atoms with E-state index in [0.29, 0.717) is 37.1 Å². The van der Waals surface area contributed by atoms with E-state index >= 15 is 0 Å². The van der Waals surface area contributed by atoms with Crippen LogP contribution in [-0.2, 0) is 11.4 Å². The van der Waals surface area contributed by atoms with Crippen LogP contribution in [0.1, 0.15) is 28.0 Å². The molecule has 188 valence electrons. The highest BCUT2D eigenvalue weighted by Gasteiger charge is 2.41. The molecule has 2 fully saturated rings. The van der Waals surface area contributed by atoms with E-state index in [2.05, 4.69) is 20.5 Å². The molecular formula is C27H31N5O4. The fourth-order valence-corrected chi connectivity index (χ4v) is 5.21. The SMILES string of the molecule is Cc1cc(COc2ccc(C(=O)N[C@@H]3CN(C4CCNC4)C[C@@H]3C(=O)NO)cc2)c2ccccc2n1. The number of hydrogen-bond acceptors (Lipinski definition) is 7. The summed E-state index contributed by atoms with van der Waals surface area (Å²) in [7, 11) is 0. The number of fused-ring (bicyclic) bond motifs is 1. The Balaban J connectivity index is 1.22. The third kappa shape index (κ3) is 5.18. The number of carbonyl (C=O) groups excluding carboxylic acids is 2. The molecule has 9 heteroatoms. The van der Waals surface area contributed by atoms with Crippen molar-refractivity contribution >= 4 is 22.7 Å². The van der Waals surface area contributed by atoms with Crippen molar-refractivity contribution in [3.05, 3.63) is 71.4 Å². The predicted molar refractivity (Wildman–Crippen MR) is 135 cm³/mol. The quantitative estimate of drug-likeness (QED) is 0.296. The number of ether oxygens (including phenoxy) is 1. The minimum atomic E-state index is -0.513. The van der Waals surface area contributed by atoms with Gasteiger partial charge in [0.15, 0.2) is 0 Å². The number of aromatic nitrogens is 1. The van der Waals surface area contributed by atoms with Gasteiger partial charge >= 0.3 is 0 Å². The van der Waals surface area contributed by atoms with Crippen molar-refractivity contribution in [2.45, 2.75) is 32.0 Å². The number of amides is 2. The molecule has 2 amide bonds. The molecular weight excluding hydrogens is 458 g/mol. The number of nitrogens with one attached hydrogen (secondary N) is 3. The number of benzene rings is 2. The minimum Gasteiger partial charge on any atom is -0.489 e. The maximum absolute atomic E-state index is 13.0. The average Bonchev–Trinajstić information content (AvgIpc) is 3.57. The van der Waals surface area contributed by atoms with E-state index in [0.717, 1.165) is 41.7 Å². The molecule has 1 unspecified atom stereocenters. The summed E-state index contributed by atoms with van der Waals surface area (Å²) in [6, 6.07) is 16.9. The lowest BCUT2D eigenvalue weighted by Crippen LogP contribution is -2.45. The van der Waals surface area contributed by atoms with Crippen molar-refractivity contribution in [1.82, 2.24) is 26.0 Å². The molecule has 2 aromatic carbocycles. The topological polar surface area (TPSA) is 116 Å². The largest absolute Gasteiger partial charge is 0.489 e. The first kappa shape index (κ1) is 24.2. The lowest BCUT2D eigenvalue weighted by Gasteiger charge is -2.22. The molecule has 5 rings (SSSR count). The number of likely N-dealkylation sites (tertiary alicyclic amines) is 1. The first-order valence-electron chi connectivity index (χ1n) is 12.3. The Hall–Kier alpha value is -3.53. The van der Waals surface area contributed by atoms with Crippen molar-refractivity contribution < 1.29 is 19.5 Å². The lowest BCUT2D eigenvalue weighted by molar-refractivity contribution is -0.133. The van der Waals surface area contributed by atoms with E-state index < -0.39 is 11.8 Å². The highest BCUT2D eigenvalue weighted by Crippen LogP contribution is 2.24. The van der Waals surface area contributed by atoms with Gasteiger partial charge in [-0.25, -0.2) is 5.48 Å². The Bertz CT molecular complexity index is 1240. The molecule has 4 N–H and O–H groups in total. The molecule has 0 aliphatic carbocycles. The molecule has 9 nitrogen and oxygen atoms in total. The Morgan fingerprint density at radius 2 is 1.97 bits per heavy atom. The summed E-state index contributed by atoms with van der Waals surface area (Å²) < 4.78 is 6.00. The van der Waals surface area contributed by atoms with Crippen LogP contribution in [0.2, 0.25) is 0 Å². The molecule has 36 heavy (non-hydrogen) atoms. The molecule has 0 bridgehead atoms. The number of aryl methyl sites for hydroxylation is 1. The normalized spacial score (nSPS) is 22.0. The van der Waals surface area contributed by atoms with Gasteiger partial charge < -0.3 is 15.4 Å². The van der Waals surface area contributed by atoms with Crippen molar-refractivity contribution in [3.63, 3.8) is 0 Å². The molecule has 1 aromatic heterocycles. The summed E-state index contributed by atoms with van der Waals surface area (Å²) in [6.45, 7) is 5.23. The zero-order valence-electron chi connectivity index (χ0n) is 20.2. The zero-order valence-corrected chi connectivity index (χ0v) is 20.2. The molecule has 3 atom stereocenters. The number of pyridine rings is 1. The summed E-state index contributed by atoms with van der Waals surface area (Å²) in [5.41, 5.74) is 5.16. The number of para-hydroxylation sites is 1. The van der Waals surface area contributed by atoms with Gasteiger partial charge in [0.2, 0.25) is 5.91 Å². The molecule has 3 aromatic rings. The van der Waals surface area contributed by atoms with E-state index in [4.69, 9.17) is 4.74 Å². The number of hydroxylamine groups is 1. The molecule has 2 aliphatic rings. The number of hydrogen-bond donors (Lipinski definition) is 4. The fraction of sp³-hybridized carbons (Fsp3) is 0.370. The van der Waals surface area contributed by atoms with Gasteiger partial charge in [0.05, 0.1) is 17.5 Å². The summed E-state index contributed by atoms with van der Waals surface area (Å²) in [5, 5.41) is 16.6. The molecule has 2 saturated heterocycles. The first-order valence-corrected chi connectivity index (χ1v) is 12.3. The fourth-order valence-electron chi connectivity index (χ4n) is 5.21. The van der Waals surface area contributed by atoms with E-state index in [1.54, 1.807) is 29.7 Å². The van der Waals surface area contributed by atoms with Gasteiger partial charge in [-0.2, -0.15) is 0 Å².